The van der Waals surface area contributed by atoms with Crippen molar-refractivity contribution in [2.75, 3.05) is 9.44 Å². The number of fused-ring (bicyclic) bond motifs is 1. The van der Waals surface area contributed by atoms with Gasteiger partial charge in [-0.2, -0.15) is 8.42 Å². The van der Waals surface area contributed by atoms with E-state index in [1.165, 1.54) is 35.6 Å². The van der Waals surface area contributed by atoms with Crippen LogP contribution in [0.1, 0.15) is 0 Å². The summed E-state index contributed by atoms with van der Waals surface area (Å²) in [7, 11) is -4.05. The van der Waals surface area contributed by atoms with Crippen LogP contribution in [0.2, 0.25) is 0 Å². The van der Waals surface area contributed by atoms with Gasteiger partial charge < -0.3 is 0 Å². The fraction of sp³-hybridized carbons (Fsp3) is 0. The Morgan fingerprint density at radius 1 is 1.04 bits per heavy atom. The van der Waals surface area contributed by atoms with E-state index in [1.807, 2.05) is 12.1 Å². The van der Waals surface area contributed by atoms with Crippen molar-refractivity contribution in [1.29, 1.82) is 0 Å². The van der Waals surface area contributed by atoms with E-state index in [4.69, 9.17) is 0 Å². The smallest absolute Gasteiger partial charge is 0.260 e. The lowest BCUT2D eigenvalue weighted by Crippen LogP contribution is -2.22. The van der Waals surface area contributed by atoms with Crippen molar-refractivity contribution < 1.29 is 13.3 Å². The zero-order valence-electron chi connectivity index (χ0n) is 11.5. The van der Waals surface area contributed by atoms with Gasteiger partial charge >= 0.3 is 10.2 Å². The Bertz CT molecular complexity index is 951. The molecule has 10 heteroatoms. The lowest BCUT2D eigenvalue weighted by Gasteiger charge is -2.08. The molecule has 8 nitrogen and oxygen atoms in total. The van der Waals surface area contributed by atoms with Crippen LogP contribution in [0.15, 0.2) is 48.5 Å². The van der Waals surface area contributed by atoms with Gasteiger partial charge in [0.05, 0.1) is 15.1 Å². The molecular weight excluding hydrogens is 340 g/mol. The number of nitro benzene ring substituents is 1. The molecule has 1 heterocycles. The van der Waals surface area contributed by atoms with E-state index in [9.17, 15) is 18.5 Å². The van der Waals surface area contributed by atoms with Crippen LogP contribution in [0.25, 0.3) is 10.2 Å². The van der Waals surface area contributed by atoms with Crippen LogP contribution in [0.4, 0.5) is 16.5 Å². The number of aromatic nitrogens is 1. The van der Waals surface area contributed by atoms with Crippen molar-refractivity contribution >= 4 is 48.3 Å². The highest BCUT2D eigenvalue weighted by atomic mass is 32.2. The Hall–Kier alpha value is -2.72. The number of hydrogen-bond donors (Lipinski definition) is 2. The molecule has 0 fully saturated rings. The molecular formula is C13H10N4O4S2. The molecule has 0 aliphatic heterocycles. The summed E-state index contributed by atoms with van der Waals surface area (Å²) in [5.41, 5.74) is 0.217. The number of rotatable bonds is 5. The minimum absolute atomic E-state index is 0.119. The predicted molar refractivity (Wildman–Crippen MR) is 88.9 cm³/mol. The van der Waals surface area contributed by atoms with Crippen LogP contribution < -0.4 is 9.44 Å². The van der Waals surface area contributed by atoms with Crippen LogP contribution in [0, 0.1) is 10.1 Å². The summed E-state index contributed by atoms with van der Waals surface area (Å²) in [6.45, 7) is 0. The summed E-state index contributed by atoms with van der Waals surface area (Å²) in [6.07, 6.45) is 0. The third kappa shape index (κ3) is 3.38. The second-order valence-corrected chi connectivity index (χ2v) is 6.91. The Morgan fingerprint density at radius 3 is 2.48 bits per heavy atom. The molecule has 2 aromatic carbocycles. The summed E-state index contributed by atoms with van der Waals surface area (Å²) in [6, 6.07) is 12.7. The molecule has 0 saturated heterocycles. The maximum Gasteiger partial charge on any atom is 0.323 e. The lowest BCUT2D eigenvalue weighted by molar-refractivity contribution is -0.383. The van der Waals surface area contributed by atoms with Gasteiger partial charge in [-0.25, -0.2) is 9.71 Å². The van der Waals surface area contributed by atoms with E-state index in [1.54, 1.807) is 12.1 Å². The topological polar surface area (TPSA) is 114 Å². The molecule has 118 valence electrons. The molecule has 0 aliphatic carbocycles. The number of nitrogens with one attached hydrogen (secondary N) is 2. The van der Waals surface area contributed by atoms with Crippen LogP contribution in [-0.2, 0) is 10.2 Å². The number of nitrogens with zero attached hydrogens (tertiary/aromatic N) is 2. The second kappa shape index (κ2) is 5.82. The average Bonchev–Trinajstić information content (AvgIpc) is 2.88. The predicted octanol–water partition coefficient (Wildman–Crippen LogP) is 2.97. The Kier molecular flexibility index (Phi) is 3.84. The van der Waals surface area contributed by atoms with Gasteiger partial charge in [-0.05, 0) is 18.2 Å². The van der Waals surface area contributed by atoms with Gasteiger partial charge in [0.25, 0.3) is 5.69 Å². The molecule has 3 aromatic rings. The molecule has 23 heavy (non-hydrogen) atoms. The second-order valence-electron chi connectivity index (χ2n) is 4.47. The summed E-state index contributed by atoms with van der Waals surface area (Å²) < 4.78 is 29.5. The number of benzene rings is 2. The third-order valence-electron chi connectivity index (χ3n) is 2.86. The standard InChI is InChI=1S/C13H10N4O4S2/c18-17(19)11-7-3-1-5-9(11)15-23(20,21)16-13-14-10-6-2-4-8-12(10)22-13/h1-8,15H,(H,14,16). The first-order chi connectivity index (χ1) is 10.9. The minimum Gasteiger partial charge on any atom is -0.260 e. The summed E-state index contributed by atoms with van der Waals surface area (Å²) in [5.74, 6) is 0. The number of para-hydroxylation sites is 3. The Morgan fingerprint density at radius 2 is 1.74 bits per heavy atom. The molecule has 0 spiro atoms. The van der Waals surface area contributed by atoms with Gasteiger partial charge in [0.1, 0.15) is 5.69 Å². The van der Waals surface area contributed by atoms with Gasteiger partial charge in [-0.15, -0.1) is 0 Å². The largest absolute Gasteiger partial charge is 0.323 e. The van der Waals surface area contributed by atoms with Crippen LogP contribution in [0.5, 0.6) is 0 Å². The average molecular weight is 350 g/mol. The molecule has 0 bridgehead atoms. The first-order valence-corrected chi connectivity index (χ1v) is 8.64. The minimum atomic E-state index is -4.05. The van der Waals surface area contributed by atoms with Crippen LogP contribution >= 0.6 is 11.3 Å². The number of hydrogen-bond acceptors (Lipinski definition) is 6. The summed E-state index contributed by atoms with van der Waals surface area (Å²) >= 11 is 1.17. The van der Waals surface area contributed by atoms with Crippen molar-refractivity contribution in [3.63, 3.8) is 0 Å². The SMILES string of the molecule is O=[N+]([O-])c1ccccc1NS(=O)(=O)Nc1nc2ccccc2s1. The van der Waals surface area contributed by atoms with Crippen molar-refractivity contribution in [3.05, 3.63) is 58.6 Å². The molecule has 1 aromatic heterocycles. The highest BCUT2D eigenvalue weighted by molar-refractivity contribution is 7.94. The van der Waals surface area contributed by atoms with E-state index < -0.39 is 15.1 Å². The van der Waals surface area contributed by atoms with Crippen molar-refractivity contribution in [2.45, 2.75) is 0 Å². The summed E-state index contributed by atoms with van der Waals surface area (Å²) in [4.78, 5) is 14.4. The number of thiazole rings is 1. The zero-order valence-corrected chi connectivity index (χ0v) is 13.1. The molecule has 0 aliphatic rings. The zero-order chi connectivity index (χ0) is 16.4. The first kappa shape index (κ1) is 15.2. The van der Waals surface area contributed by atoms with E-state index in [-0.39, 0.29) is 16.5 Å². The maximum atomic E-state index is 12.1. The van der Waals surface area contributed by atoms with E-state index in [0.29, 0.717) is 5.52 Å². The highest BCUT2D eigenvalue weighted by Crippen LogP contribution is 2.28. The molecule has 0 radical (unpaired) electrons. The molecule has 0 amide bonds. The number of nitro groups is 1. The molecule has 0 atom stereocenters. The Balaban J connectivity index is 1.86. The number of anilines is 2. The highest BCUT2D eigenvalue weighted by Gasteiger charge is 2.19. The molecule has 0 saturated carbocycles. The fourth-order valence-corrected chi connectivity index (χ4v) is 3.92. The fourth-order valence-electron chi connectivity index (χ4n) is 1.92. The molecule has 0 unspecified atom stereocenters. The third-order valence-corrected chi connectivity index (χ3v) is 4.89. The van der Waals surface area contributed by atoms with Crippen LogP contribution in [-0.4, -0.2) is 18.3 Å². The van der Waals surface area contributed by atoms with Crippen molar-refractivity contribution in [3.8, 4) is 0 Å². The Labute approximate surface area is 135 Å². The van der Waals surface area contributed by atoms with Gasteiger partial charge in [-0.1, -0.05) is 35.6 Å². The quantitative estimate of drug-likeness (QED) is 0.542. The maximum absolute atomic E-state index is 12.1. The molecule has 2 N–H and O–H groups in total. The van der Waals surface area contributed by atoms with E-state index in [0.717, 1.165) is 4.70 Å². The first-order valence-electron chi connectivity index (χ1n) is 6.34. The van der Waals surface area contributed by atoms with Gasteiger partial charge in [0, 0.05) is 6.07 Å². The van der Waals surface area contributed by atoms with Crippen LogP contribution in [0.3, 0.4) is 0 Å². The van der Waals surface area contributed by atoms with E-state index in [2.05, 4.69) is 14.4 Å². The van der Waals surface area contributed by atoms with Gasteiger partial charge in [0.15, 0.2) is 5.13 Å². The van der Waals surface area contributed by atoms with Gasteiger partial charge in [0.2, 0.25) is 0 Å². The molecule has 3 rings (SSSR count). The lowest BCUT2D eigenvalue weighted by atomic mass is 10.3. The summed E-state index contributed by atoms with van der Waals surface area (Å²) in [5, 5.41) is 11.1. The van der Waals surface area contributed by atoms with Crippen molar-refractivity contribution in [1.82, 2.24) is 4.98 Å². The normalized spacial score (nSPS) is 11.3. The van der Waals surface area contributed by atoms with Gasteiger partial charge in [-0.3, -0.25) is 14.8 Å². The van der Waals surface area contributed by atoms with Crippen molar-refractivity contribution in [2.24, 2.45) is 0 Å². The van der Waals surface area contributed by atoms with E-state index >= 15 is 0 Å². The monoisotopic (exact) mass is 350 g/mol.